The number of hydrogen-bond donors (Lipinski definition) is 1. The van der Waals surface area contributed by atoms with E-state index in [1.165, 1.54) is 24.0 Å². The fraction of sp³-hybridized carbons (Fsp3) is 0.643. The molecule has 2 heterocycles. The minimum atomic E-state index is 0.688. The van der Waals surface area contributed by atoms with Crippen molar-refractivity contribution in [2.45, 2.75) is 39.3 Å². The van der Waals surface area contributed by atoms with E-state index in [4.69, 9.17) is 0 Å². The molecule has 17 heavy (non-hydrogen) atoms. The molecule has 1 saturated heterocycles. The summed E-state index contributed by atoms with van der Waals surface area (Å²) in [5.41, 5.74) is 2.73. The molecule has 3 heteroatoms. The molecule has 1 unspecified atom stereocenters. The number of hydrogen-bond acceptors (Lipinski definition) is 3. The van der Waals surface area contributed by atoms with Crippen LogP contribution in [0.4, 0.5) is 0 Å². The number of nitrogens with one attached hydrogen (secondary N) is 1. The second-order valence-corrected chi connectivity index (χ2v) is 4.92. The Hall–Kier alpha value is -0.930. The largest absolute Gasteiger partial charge is 0.314 e. The Morgan fingerprint density at radius 1 is 1.53 bits per heavy atom. The number of aryl methyl sites for hydroxylation is 1. The van der Waals surface area contributed by atoms with Crippen LogP contribution >= 0.6 is 0 Å². The van der Waals surface area contributed by atoms with Crippen LogP contribution < -0.4 is 5.32 Å². The van der Waals surface area contributed by atoms with Gasteiger partial charge in [0.05, 0.1) is 0 Å². The van der Waals surface area contributed by atoms with Gasteiger partial charge in [0.25, 0.3) is 0 Å². The molecule has 0 radical (unpaired) electrons. The highest BCUT2D eigenvalue weighted by Gasteiger charge is 2.21. The zero-order valence-electron chi connectivity index (χ0n) is 10.9. The molecule has 1 N–H and O–H groups in total. The van der Waals surface area contributed by atoms with Gasteiger partial charge in [-0.15, -0.1) is 0 Å². The highest BCUT2D eigenvalue weighted by atomic mass is 15.2. The van der Waals surface area contributed by atoms with Crippen molar-refractivity contribution in [3.63, 3.8) is 0 Å². The van der Waals surface area contributed by atoms with Crippen LogP contribution in [0.25, 0.3) is 0 Å². The third kappa shape index (κ3) is 3.27. The molecule has 0 amide bonds. The van der Waals surface area contributed by atoms with Crippen LogP contribution in [0.3, 0.4) is 0 Å². The normalized spacial score (nSPS) is 21.6. The van der Waals surface area contributed by atoms with Gasteiger partial charge < -0.3 is 5.32 Å². The number of nitrogens with zero attached hydrogens (tertiary/aromatic N) is 2. The first kappa shape index (κ1) is 12.5. The molecule has 3 nitrogen and oxygen atoms in total. The third-order valence-corrected chi connectivity index (χ3v) is 3.61. The predicted molar refractivity (Wildman–Crippen MR) is 70.9 cm³/mol. The lowest BCUT2D eigenvalue weighted by molar-refractivity contribution is 0.144. The van der Waals surface area contributed by atoms with Crippen LogP contribution in [0.5, 0.6) is 0 Å². The highest BCUT2D eigenvalue weighted by molar-refractivity contribution is 5.21. The molecule has 0 aromatic carbocycles. The number of piperazine rings is 1. The first-order valence-corrected chi connectivity index (χ1v) is 6.65. The highest BCUT2D eigenvalue weighted by Crippen LogP contribution is 2.15. The summed E-state index contributed by atoms with van der Waals surface area (Å²) >= 11 is 0. The molecule has 0 aliphatic carbocycles. The van der Waals surface area contributed by atoms with Crippen LogP contribution in [-0.2, 0) is 6.54 Å². The van der Waals surface area contributed by atoms with Crippen molar-refractivity contribution in [3.05, 3.63) is 29.6 Å². The molecule has 0 saturated carbocycles. The van der Waals surface area contributed by atoms with Crippen LogP contribution in [-0.4, -0.2) is 35.6 Å². The topological polar surface area (TPSA) is 28.2 Å². The molecule has 0 spiro atoms. The Labute approximate surface area is 104 Å². The van der Waals surface area contributed by atoms with Crippen molar-refractivity contribution in [2.24, 2.45) is 0 Å². The number of aromatic nitrogens is 1. The Kier molecular flexibility index (Phi) is 4.51. The van der Waals surface area contributed by atoms with Gasteiger partial charge in [-0.25, -0.2) is 0 Å². The SMILES string of the molecule is CCCC1CNCCN1Cc1cnccc1C. The van der Waals surface area contributed by atoms with Crippen LogP contribution in [0.2, 0.25) is 0 Å². The van der Waals surface area contributed by atoms with Crippen molar-refractivity contribution < 1.29 is 0 Å². The first-order chi connectivity index (χ1) is 8.31. The maximum Gasteiger partial charge on any atom is 0.0315 e. The Bertz CT molecular complexity index is 349. The van der Waals surface area contributed by atoms with Crippen LogP contribution in [0.1, 0.15) is 30.9 Å². The van der Waals surface area contributed by atoms with Crippen molar-refractivity contribution in [1.29, 1.82) is 0 Å². The number of pyridine rings is 1. The van der Waals surface area contributed by atoms with E-state index < -0.39 is 0 Å². The Balaban J connectivity index is 2.03. The lowest BCUT2D eigenvalue weighted by Crippen LogP contribution is -2.50. The van der Waals surface area contributed by atoms with Gasteiger partial charge in [0.15, 0.2) is 0 Å². The minimum Gasteiger partial charge on any atom is -0.314 e. The minimum absolute atomic E-state index is 0.688. The first-order valence-electron chi connectivity index (χ1n) is 6.65. The Morgan fingerprint density at radius 2 is 2.41 bits per heavy atom. The lowest BCUT2D eigenvalue weighted by atomic mass is 10.1. The van der Waals surface area contributed by atoms with Gasteiger partial charge in [-0.05, 0) is 30.5 Å². The summed E-state index contributed by atoms with van der Waals surface area (Å²) in [6.45, 7) is 8.88. The molecule has 1 aliphatic heterocycles. The molecule has 1 aromatic rings. The van der Waals surface area contributed by atoms with E-state index in [-0.39, 0.29) is 0 Å². The molecule has 94 valence electrons. The van der Waals surface area contributed by atoms with E-state index in [1.807, 2.05) is 12.4 Å². The molecular weight excluding hydrogens is 210 g/mol. The standard InChI is InChI=1S/C14H23N3/c1-3-4-14-10-16-7-8-17(14)11-13-9-15-6-5-12(13)2/h5-6,9,14,16H,3-4,7-8,10-11H2,1-2H3. The molecule has 0 bridgehead atoms. The monoisotopic (exact) mass is 233 g/mol. The van der Waals surface area contributed by atoms with E-state index in [2.05, 4.69) is 35.1 Å². The second-order valence-electron chi connectivity index (χ2n) is 4.92. The van der Waals surface area contributed by atoms with Gasteiger partial charge in [-0.3, -0.25) is 9.88 Å². The van der Waals surface area contributed by atoms with Crippen molar-refractivity contribution in [3.8, 4) is 0 Å². The molecule has 1 aromatic heterocycles. The molecule has 1 atom stereocenters. The van der Waals surface area contributed by atoms with E-state index in [0.29, 0.717) is 6.04 Å². The smallest absolute Gasteiger partial charge is 0.0315 e. The summed E-state index contributed by atoms with van der Waals surface area (Å²) in [6.07, 6.45) is 6.43. The summed E-state index contributed by atoms with van der Waals surface area (Å²) in [5.74, 6) is 0. The van der Waals surface area contributed by atoms with Gasteiger partial charge in [0, 0.05) is 44.6 Å². The van der Waals surface area contributed by atoms with Gasteiger partial charge in [-0.2, -0.15) is 0 Å². The lowest BCUT2D eigenvalue weighted by Gasteiger charge is -2.36. The quantitative estimate of drug-likeness (QED) is 0.861. The summed E-state index contributed by atoms with van der Waals surface area (Å²) in [7, 11) is 0. The zero-order chi connectivity index (χ0) is 12.1. The van der Waals surface area contributed by atoms with Gasteiger partial charge >= 0.3 is 0 Å². The zero-order valence-corrected chi connectivity index (χ0v) is 10.9. The fourth-order valence-corrected chi connectivity index (χ4v) is 2.51. The summed E-state index contributed by atoms with van der Waals surface area (Å²) in [6, 6.07) is 2.79. The maximum atomic E-state index is 4.24. The van der Waals surface area contributed by atoms with E-state index >= 15 is 0 Å². The Morgan fingerprint density at radius 3 is 3.18 bits per heavy atom. The van der Waals surface area contributed by atoms with E-state index in [1.54, 1.807) is 0 Å². The van der Waals surface area contributed by atoms with Crippen molar-refractivity contribution >= 4 is 0 Å². The average molecular weight is 233 g/mol. The fourth-order valence-electron chi connectivity index (χ4n) is 2.51. The van der Waals surface area contributed by atoms with E-state index in [0.717, 1.165) is 26.2 Å². The van der Waals surface area contributed by atoms with Crippen LogP contribution in [0, 0.1) is 6.92 Å². The molecule has 1 fully saturated rings. The van der Waals surface area contributed by atoms with Gasteiger partial charge in [0.1, 0.15) is 0 Å². The average Bonchev–Trinajstić information content (AvgIpc) is 2.35. The maximum absolute atomic E-state index is 4.24. The second kappa shape index (κ2) is 6.12. The van der Waals surface area contributed by atoms with Crippen molar-refractivity contribution in [1.82, 2.24) is 15.2 Å². The van der Waals surface area contributed by atoms with E-state index in [9.17, 15) is 0 Å². The van der Waals surface area contributed by atoms with Crippen LogP contribution in [0.15, 0.2) is 18.5 Å². The summed E-state index contributed by atoms with van der Waals surface area (Å²) < 4.78 is 0. The van der Waals surface area contributed by atoms with Gasteiger partial charge in [-0.1, -0.05) is 13.3 Å². The summed E-state index contributed by atoms with van der Waals surface area (Å²) in [4.78, 5) is 6.84. The van der Waals surface area contributed by atoms with Gasteiger partial charge in [0.2, 0.25) is 0 Å². The van der Waals surface area contributed by atoms with Crippen molar-refractivity contribution in [2.75, 3.05) is 19.6 Å². The molecular formula is C14H23N3. The molecule has 2 rings (SSSR count). The number of rotatable bonds is 4. The summed E-state index contributed by atoms with van der Waals surface area (Å²) in [5, 5.41) is 3.49. The molecule has 1 aliphatic rings. The predicted octanol–water partition coefficient (Wildman–Crippen LogP) is 1.96. The third-order valence-electron chi connectivity index (χ3n) is 3.61.